The van der Waals surface area contributed by atoms with E-state index in [1.807, 2.05) is 0 Å². The Kier molecular flexibility index (Phi) is 5.95. The maximum Gasteiger partial charge on any atom is 0.338 e. The van der Waals surface area contributed by atoms with Gasteiger partial charge in [0.1, 0.15) is 17.6 Å². The quantitative estimate of drug-likeness (QED) is 0.561. The summed E-state index contributed by atoms with van der Waals surface area (Å²) in [6.07, 6.45) is 0.350. The molecule has 0 unspecified atom stereocenters. The molecule has 0 bridgehead atoms. The van der Waals surface area contributed by atoms with Crippen LogP contribution < -0.4 is 0 Å². The highest BCUT2D eigenvalue weighted by Gasteiger charge is 2.43. The number of nitrogens with zero attached hydrogens (tertiary/aromatic N) is 2. The highest BCUT2D eigenvalue weighted by molar-refractivity contribution is 8.14. The predicted octanol–water partition coefficient (Wildman–Crippen LogP) is 5.47. The van der Waals surface area contributed by atoms with Crippen LogP contribution in [0.4, 0.5) is 0 Å². The number of amides is 1. The van der Waals surface area contributed by atoms with E-state index in [2.05, 4.69) is 4.99 Å². The molecule has 1 aromatic carbocycles. The zero-order chi connectivity index (χ0) is 21.4. The van der Waals surface area contributed by atoms with Gasteiger partial charge < -0.3 is 9.15 Å². The molecule has 156 valence electrons. The Morgan fingerprint density at radius 3 is 2.90 bits per heavy atom. The fourth-order valence-electron chi connectivity index (χ4n) is 3.47. The SMILES string of the molecule is CCOC(=O)C1=C(C)N=C2SCCC(=O)N2[C@H]1c1ccc(-c2cc(Cl)ccc2Cl)o1. The van der Waals surface area contributed by atoms with Crippen LogP contribution in [0.15, 0.2) is 51.0 Å². The molecular formula is C21H18Cl2N2O4S. The van der Waals surface area contributed by atoms with E-state index in [1.165, 1.54) is 16.7 Å². The summed E-state index contributed by atoms with van der Waals surface area (Å²) in [5.74, 6) is 0.909. The highest BCUT2D eigenvalue weighted by Crippen LogP contribution is 2.42. The first-order chi connectivity index (χ1) is 14.4. The van der Waals surface area contributed by atoms with Crippen molar-refractivity contribution in [3.8, 4) is 11.3 Å². The van der Waals surface area contributed by atoms with Gasteiger partial charge in [-0.1, -0.05) is 35.0 Å². The number of allylic oxidation sites excluding steroid dienone is 1. The third-order valence-electron chi connectivity index (χ3n) is 4.79. The van der Waals surface area contributed by atoms with E-state index in [-0.39, 0.29) is 18.1 Å². The number of ether oxygens (including phenoxy) is 1. The molecule has 2 aliphatic rings. The van der Waals surface area contributed by atoms with Gasteiger partial charge in [0.25, 0.3) is 0 Å². The summed E-state index contributed by atoms with van der Waals surface area (Å²) in [4.78, 5) is 31.6. The van der Waals surface area contributed by atoms with Gasteiger partial charge in [0, 0.05) is 22.8 Å². The monoisotopic (exact) mass is 464 g/mol. The van der Waals surface area contributed by atoms with E-state index in [1.54, 1.807) is 44.2 Å². The van der Waals surface area contributed by atoms with Gasteiger partial charge in [-0.2, -0.15) is 0 Å². The lowest BCUT2D eigenvalue weighted by atomic mass is 9.99. The summed E-state index contributed by atoms with van der Waals surface area (Å²) in [5, 5.41) is 1.55. The van der Waals surface area contributed by atoms with Crippen molar-refractivity contribution in [2.75, 3.05) is 12.4 Å². The van der Waals surface area contributed by atoms with Gasteiger partial charge in [0.05, 0.1) is 22.9 Å². The van der Waals surface area contributed by atoms with Gasteiger partial charge in [-0.3, -0.25) is 9.69 Å². The number of rotatable bonds is 4. The molecule has 0 spiro atoms. The second kappa shape index (κ2) is 8.49. The smallest absolute Gasteiger partial charge is 0.338 e. The Hall–Kier alpha value is -2.22. The van der Waals surface area contributed by atoms with Crippen molar-refractivity contribution >= 4 is 52.0 Å². The van der Waals surface area contributed by atoms with E-state index in [9.17, 15) is 9.59 Å². The first kappa shape index (κ1) is 21.0. The Morgan fingerprint density at radius 2 is 2.13 bits per heavy atom. The van der Waals surface area contributed by atoms with E-state index < -0.39 is 12.0 Å². The molecule has 2 aromatic rings. The zero-order valence-electron chi connectivity index (χ0n) is 16.3. The average Bonchev–Trinajstić information content (AvgIpc) is 3.18. The Labute approximate surface area is 187 Å². The third-order valence-corrected chi connectivity index (χ3v) is 6.31. The number of benzene rings is 1. The van der Waals surface area contributed by atoms with Crippen LogP contribution in [0.3, 0.4) is 0 Å². The van der Waals surface area contributed by atoms with E-state index >= 15 is 0 Å². The summed E-state index contributed by atoms with van der Waals surface area (Å²) >= 11 is 13.9. The van der Waals surface area contributed by atoms with Crippen molar-refractivity contribution in [2.45, 2.75) is 26.3 Å². The molecule has 1 fully saturated rings. The molecule has 1 aromatic heterocycles. The summed E-state index contributed by atoms with van der Waals surface area (Å²) in [6, 6.07) is 7.80. The molecule has 0 aliphatic carbocycles. The zero-order valence-corrected chi connectivity index (χ0v) is 18.6. The van der Waals surface area contributed by atoms with E-state index in [0.29, 0.717) is 50.2 Å². The van der Waals surface area contributed by atoms with Crippen LogP contribution in [0.2, 0.25) is 10.0 Å². The Morgan fingerprint density at radius 1 is 1.33 bits per heavy atom. The lowest BCUT2D eigenvalue weighted by Crippen LogP contribution is -2.45. The molecular weight excluding hydrogens is 447 g/mol. The number of esters is 1. The first-order valence-electron chi connectivity index (χ1n) is 9.37. The fraction of sp³-hybridized carbons (Fsp3) is 0.286. The number of amidine groups is 1. The summed E-state index contributed by atoms with van der Waals surface area (Å²) < 4.78 is 11.4. The van der Waals surface area contributed by atoms with Crippen LogP contribution in [0, 0.1) is 0 Å². The van der Waals surface area contributed by atoms with Crippen molar-refractivity contribution in [1.29, 1.82) is 0 Å². The molecule has 0 N–H and O–H groups in total. The van der Waals surface area contributed by atoms with Crippen LogP contribution >= 0.6 is 35.0 Å². The van der Waals surface area contributed by atoms with E-state index in [4.69, 9.17) is 32.4 Å². The number of hydrogen-bond acceptors (Lipinski definition) is 6. The second-order valence-corrected chi connectivity index (χ2v) is 8.61. The fourth-order valence-corrected chi connectivity index (χ4v) is 4.86. The standard InChI is InChI=1S/C21H18Cl2N2O4S/c1-3-28-20(27)18-11(2)24-21-25(17(26)8-9-30-21)19(18)16-7-6-15(29-16)13-10-12(22)4-5-14(13)23/h4-7,10,19H,3,8-9H2,1-2H3/t19-/m0/s1. The molecule has 1 saturated heterocycles. The van der Waals surface area contributed by atoms with Crippen molar-refractivity contribution in [3.05, 3.63) is 57.4 Å². The van der Waals surface area contributed by atoms with E-state index in [0.717, 1.165) is 0 Å². The highest BCUT2D eigenvalue weighted by atomic mass is 35.5. The molecule has 6 nitrogen and oxygen atoms in total. The van der Waals surface area contributed by atoms with Crippen molar-refractivity contribution in [3.63, 3.8) is 0 Å². The number of fused-ring (bicyclic) bond motifs is 1. The molecule has 3 heterocycles. The van der Waals surface area contributed by atoms with Gasteiger partial charge in [0.15, 0.2) is 5.17 Å². The number of thioether (sulfide) groups is 1. The molecule has 0 saturated carbocycles. The summed E-state index contributed by atoms with van der Waals surface area (Å²) in [7, 11) is 0. The summed E-state index contributed by atoms with van der Waals surface area (Å²) in [6.45, 7) is 3.68. The van der Waals surface area contributed by atoms with Crippen molar-refractivity contribution < 1.29 is 18.7 Å². The maximum atomic E-state index is 12.8. The summed E-state index contributed by atoms with van der Waals surface area (Å²) in [5.41, 5.74) is 1.41. The number of halogens is 2. The number of aliphatic imine (C=N–C) groups is 1. The lowest BCUT2D eigenvalue weighted by molar-refractivity contribution is -0.139. The topological polar surface area (TPSA) is 72.1 Å². The molecule has 1 atom stereocenters. The Balaban J connectivity index is 1.83. The molecule has 0 radical (unpaired) electrons. The van der Waals surface area contributed by atoms with Crippen LogP contribution in [-0.4, -0.2) is 34.3 Å². The number of hydrogen-bond donors (Lipinski definition) is 0. The van der Waals surface area contributed by atoms with Crippen LogP contribution in [-0.2, 0) is 14.3 Å². The molecule has 2 aliphatic heterocycles. The Bertz CT molecular complexity index is 1090. The van der Waals surface area contributed by atoms with Crippen molar-refractivity contribution in [1.82, 2.24) is 4.90 Å². The normalized spacial score (nSPS) is 18.9. The van der Waals surface area contributed by atoms with Gasteiger partial charge >= 0.3 is 5.97 Å². The predicted molar refractivity (Wildman–Crippen MR) is 118 cm³/mol. The second-order valence-electron chi connectivity index (χ2n) is 6.70. The minimum atomic E-state index is -0.761. The van der Waals surface area contributed by atoms with Gasteiger partial charge in [-0.25, -0.2) is 9.79 Å². The largest absolute Gasteiger partial charge is 0.463 e. The van der Waals surface area contributed by atoms with Crippen LogP contribution in [0.5, 0.6) is 0 Å². The number of carbonyl (C=O) groups is 2. The number of furan rings is 1. The van der Waals surface area contributed by atoms with Gasteiger partial charge in [-0.15, -0.1) is 0 Å². The van der Waals surface area contributed by atoms with Crippen LogP contribution in [0.1, 0.15) is 32.1 Å². The van der Waals surface area contributed by atoms with Crippen molar-refractivity contribution in [2.24, 2.45) is 4.99 Å². The maximum absolute atomic E-state index is 12.8. The minimum absolute atomic E-state index is 0.120. The average molecular weight is 465 g/mol. The van der Waals surface area contributed by atoms with Gasteiger partial charge in [-0.05, 0) is 44.2 Å². The molecule has 4 rings (SSSR count). The first-order valence-corrected chi connectivity index (χ1v) is 11.1. The minimum Gasteiger partial charge on any atom is -0.463 e. The molecule has 1 amide bonds. The number of carbonyl (C=O) groups excluding carboxylic acids is 2. The molecule has 9 heteroatoms. The molecule has 30 heavy (non-hydrogen) atoms. The lowest BCUT2D eigenvalue weighted by Gasteiger charge is -2.37. The van der Waals surface area contributed by atoms with Gasteiger partial charge in [0.2, 0.25) is 5.91 Å². The third kappa shape index (κ3) is 3.77. The van der Waals surface area contributed by atoms with Crippen LogP contribution in [0.25, 0.3) is 11.3 Å².